The molecule has 2 amide bonds. The van der Waals surface area contributed by atoms with Crippen LogP contribution in [0.1, 0.15) is 34.0 Å². The van der Waals surface area contributed by atoms with E-state index >= 15 is 0 Å². The Hall–Kier alpha value is -4.14. The molecule has 1 aliphatic heterocycles. The molecule has 1 aromatic heterocycles. The molecule has 3 aliphatic rings. The summed E-state index contributed by atoms with van der Waals surface area (Å²) in [5, 5.41) is 16.3. The van der Waals surface area contributed by atoms with Crippen LogP contribution in [0.15, 0.2) is 54.7 Å². The van der Waals surface area contributed by atoms with Crippen LogP contribution in [0.3, 0.4) is 0 Å². The largest absolute Gasteiger partial charge is 0.481 e. The van der Waals surface area contributed by atoms with Crippen molar-refractivity contribution in [1.29, 1.82) is 0 Å². The van der Waals surface area contributed by atoms with Gasteiger partial charge in [-0.3, -0.25) is 19.6 Å². The standard InChI is InChI=1S/C26H24N4O5/c1-29-22(23(31)30-12-15-10-26(15,14-30)24(32)33)21(11-27-29)28-25(34)35-13-20-18-8-4-2-6-16(18)17-7-3-5-9-19(17)20/h2-9,11,15,20H,10,12-14H2,1H3,(H,28,34)(H,32,33). The molecule has 2 aliphatic carbocycles. The minimum Gasteiger partial charge on any atom is -0.481 e. The Balaban J connectivity index is 1.15. The van der Waals surface area contributed by atoms with Gasteiger partial charge >= 0.3 is 12.1 Å². The Bertz CT molecular complexity index is 1340. The fourth-order valence-corrected chi connectivity index (χ4v) is 5.65. The van der Waals surface area contributed by atoms with Crippen molar-refractivity contribution in [3.8, 4) is 11.1 Å². The van der Waals surface area contributed by atoms with Crippen molar-refractivity contribution in [3.05, 3.63) is 71.5 Å². The Morgan fingerprint density at radius 1 is 1.11 bits per heavy atom. The van der Waals surface area contributed by atoms with E-state index in [9.17, 15) is 19.5 Å². The van der Waals surface area contributed by atoms with E-state index in [1.165, 1.54) is 15.8 Å². The maximum absolute atomic E-state index is 13.2. The van der Waals surface area contributed by atoms with Crippen LogP contribution in [0.4, 0.5) is 10.5 Å². The SMILES string of the molecule is Cn1ncc(NC(=O)OCC2c3ccccc3-c3ccccc32)c1C(=O)N1CC2CC2(C(=O)O)C1. The number of hydrogen-bond acceptors (Lipinski definition) is 5. The second-order valence-electron chi connectivity index (χ2n) is 9.53. The number of aliphatic carboxylic acids is 1. The van der Waals surface area contributed by atoms with E-state index in [0.717, 1.165) is 22.3 Å². The number of rotatable bonds is 5. The summed E-state index contributed by atoms with van der Waals surface area (Å²) in [4.78, 5) is 39.0. The zero-order chi connectivity index (χ0) is 24.3. The third-order valence-corrected chi connectivity index (χ3v) is 7.58. The van der Waals surface area contributed by atoms with Crippen molar-refractivity contribution in [1.82, 2.24) is 14.7 Å². The quantitative estimate of drug-likeness (QED) is 0.589. The minimum atomic E-state index is -0.861. The van der Waals surface area contributed by atoms with Crippen LogP contribution in [-0.4, -0.2) is 57.5 Å². The van der Waals surface area contributed by atoms with Crippen LogP contribution < -0.4 is 5.32 Å². The molecule has 6 rings (SSSR count). The summed E-state index contributed by atoms with van der Waals surface area (Å²) in [6.45, 7) is 0.709. The van der Waals surface area contributed by atoms with Crippen molar-refractivity contribution in [2.45, 2.75) is 12.3 Å². The first-order valence-corrected chi connectivity index (χ1v) is 11.6. The van der Waals surface area contributed by atoms with E-state index in [4.69, 9.17) is 4.74 Å². The summed E-state index contributed by atoms with van der Waals surface area (Å²) < 4.78 is 6.98. The number of piperidine rings is 1. The monoisotopic (exact) mass is 472 g/mol. The summed E-state index contributed by atoms with van der Waals surface area (Å²) in [6.07, 6.45) is 1.32. The second kappa shape index (κ2) is 7.69. The van der Waals surface area contributed by atoms with Gasteiger partial charge in [-0.2, -0.15) is 5.10 Å². The molecule has 2 atom stereocenters. The highest BCUT2D eigenvalue weighted by Crippen LogP contribution is 2.58. The smallest absolute Gasteiger partial charge is 0.411 e. The Morgan fingerprint density at radius 2 is 1.77 bits per heavy atom. The average molecular weight is 473 g/mol. The topological polar surface area (TPSA) is 114 Å². The fraction of sp³-hybridized carbons (Fsp3) is 0.308. The number of carbonyl (C=O) groups is 3. The molecule has 2 heterocycles. The van der Waals surface area contributed by atoms with Crippen LogP contribution in [0.2, 0.25) is 0 Å². The molecule has 35 heavy (non-hydrogen) atoms. The molecule has 178 valence electrons. The number of aromatic nitrogens is 2. The summed E-state index contributed by atoms with van der Waals surface area (Å²) >= 11 is 0. The van der Waals surface area contributed by atoms with Crippen LogP contribution in [0.5, 0.6) is 0 Å². The van der Waals surface area contributed by atoms with Crippen LogP contribution in [0, 0.1) is 11.3 Å². The number of fused-ring (bicyclic) bond motifs is 4. The van der Waals surface area contributed by atoms with Crippen molar-refractivity contribution in [3.63, 3.8) is 0 Å². The van der Waals surface area contributed by atoms with Gasteiger partial charge in [0.1, 0.15) is 12.3 Å². The van der Waals surface area contributed by atoms with Gasteiger partial charge in [-0.1, -0.05) is 48.5 Å². The molecule has 2 aromatic carbocycles. The van der Waals surface area contributed by atoms with Gasteiger partial charge < -0.3 is 14.7 Å². The lowest BCUT2D eigenvalue weighted by Crippen LogP contribution is -2.35. The first kappa shape index (κ1) is 21.4. The van der Waals surface area contributed by atoms with Gasteiger partial charge in [-0.15, -0.1) is 0 Å². The molecule has 0 bridgehead atoms. The first-order valence-electron chi connectivity index (χ1n) is 11.6. The molecular weight excluding hydrogens is 448 g/mol. The predicted octanol–water partition coefficient (Wildman–Crippen LogP) is 3.33. The lowest BCUT2D eigenvalue weighted by molar-refractivity contribution is -0.143. The maximum atomic E-state index is 13.2. The molecule has 2 unspecified atom stereocenters. The van der Waals surface area contributed by atoms with E-state index in [-0.39, 0.29) is 42.3 Å². The number of likely N-dealkylation sites (tertiary alicyclic amines) is 1. The molecule has 0 radical (unpaired) electrons. The molecular formula is C26H24N4O5. The number of nitrogens with zero attached hydrogens (tertiary/aromatic N) is 3. The highest BCUT2D eigenvalue weighted by Gasteiger charge is 2.66. The molecule has 3 aromatic rings. The second-order valence-corrected chi connectivity index (χ2v) is 9.53. The van der Waals surface area contributed by atoms with Crippen molar-refractivity contribution >= 4 is 23.7 Å². The maximum Gasteiger partial charge on any atom is 0.411 e. The van der Waals surface area contributed by atoms with Gasteiger partial charge in [-0.25, -0.2) is 4.79 Å². The number of aryl methyl sites for hydroxylation is 1. The highest BCUT2D eigenvalue weighted by molar-refractivity contribution is 6.02. The fourth-order valence-electron chi connectivity index (χ4n) is 5.65. The Morgan fingerprint density at radius 3 is 2.40 bits per heavy atom. The summed E-state index contributed by atoms with van der Waals surface area (Å²) in [6, 6.07) is 16.2. The number of nitrogens with one attached hydrogen (secondary N) is 1. The van der Waals surface area contributed by atoms with Gasteiger partial charge in [-0.05, 0) is 34.6 Å². The molecule has 9 nitrogen and oxygen atoms in total. The summed E-state index contributed by atoms with van der Waals surface area (Å²) in [5.74, 6) is -1.31. The minimum absolute atomic E-state index is 0.0179. The van der Waals surface area contributed by atoms with Gasteiger partial charge in [0, 0.05) is 26.1 Å². The van der Waals surface area contributed by atoms with E-state index in [1.54, 1.807) is 7.05 Å². The lowest BCUT2D eigenvalue weighted by Gasteiger charge is -2.20. The van der Waals surface area contributed by atoms with Gasteiger partial charge in [0.05, 0.1) is 17.3 Å². The lowest BCUT2D eigenvalue weighted by atomic mass is 9.98. The Labute approximate surface area is 201 Å². The van der Waals surface area contributed by atoms with Crippen LogP contribution in [0.25, 0.3) is 11.1 Å². The Kier molecular flexibility index (Phi) is 4.70. The molecule has 1 saturated carbocycles. The number of carboxylic acid groups (broad SMARTS) is 1. The number of hydrogen-bond donors (Lipinski definition) is 2. The van der Waals surface area contributed by atoms with Gasteiger partial charge in [0.2, 0.25) is 0 Å². The van der Waals surface area contributed by atoms with E-state index in [0.29, 0.717) is 13.0 Å². The highest BCUT2D eigenvalue weighted by atomic mass is 16.5. The van der Waals surface area contributed by atoms with E-state index in [2.05, 4.69) is 22.5 Å². The van der Waals surface area contributed by atoms with Crippen molar-refractivity contribution in [2.24, 2.45) is 18.4 Å². The zero-order valence-corrected chi connectivity index (χ0v) is 19.1. The van der Waals surface area contributed by atoms with E-state index in [1.807, 2.05) is 36.4 Å². The first-order chi connectivity index (χ1) is 16.9. The number of benzene rings is 2. The average Bonchev–Trinajstić information content (AvgIpc) is 3.13. The number of carbonyl (C=O) groups excluding carboxylic acids is 2. The molecule has 2 fully saturated rings. The third kappa shape index (κ3) is 3.30. The van der Waals surface area contributed by atoms with Crippen molar-refractivity contribution < 1.29 is 24.2 Å². The third-order valence-electron chi connectivity index (χ3n) is 7.58. The summed E-state index contributed by atoms with van der Waals surface area (Å²) in [5.41, 5.74) is 4.10. The summed E-state index contributed by atoms with van der Waals surface area (Å²) in [7, 11) is 1.61. The van der Waals surface area contributed by atoms with Crippen LogP contribution in [-0.2, 0) is 16.6 Å². The molecule has 1 saturated heterocycles. The number of carboxylic acids is 1. The number of anilines is 1. The van der Waals surface area contributed by atoms with Gasteiger partial charge in [0.25, 0.3) is 5.91 Å². The molecule has 9 heteroatoms. The zero-order valence-electron chi connectivity index (χ0n) is 19.1. The number of amides is 2. The van der Waals surface area contributed by atoms with Crippen LogP contribution >= 0.6 is 0 Å². The normalized spacial score (nSPS) is 21.7. The predicted molar refractivity (Wildman–Crippen MR) is 126 cm³/mol. The molecule has 2 N–H and O–H groups in total. The molecule has 0 spiro atoms. The number of ether oxygens (including phenoxy) is 1. The van der Waals surface area contributed by atoms with Crippen molar-refractivity contribution in [2.75, 3.05) is 25.0 Å². The van der Waals surface area contributed by atoms with E-state index < -0.39 is 17.5 Å². The van der Waals surface area contributed by atoms with Gasteiger partial charge in [0.15, 0.2) is 0 Å².